The van der Waals surface area contributed by atoms with Gasteiger partial charge >= 0.3 is 6.03 Å². The quantitative estimate of drug-likeness (QED) is 0.740. The molecule has 0 unspecified atom stereocenters. The summed E-state index contributed by atoms with van der Waals surface area (Å²) in [6, 6.07) is 7.27. The molecular weight excluding hydrogens is 370 g/mol. The van der Waals surface area contributed by atoms with Gasteiger partial charge in [-0.3, -0.25) is 0 Å². The highest BCUT2D eigenvalue weighted by Crippen LogP contribution is 2.27. The van der Waals surface area contributed by atoms with Crippen molar-refractivity contribution in [2.24, 2.45) is 0 Å². The van der Waals surface area contributed by atoms with Crippen LogP contribution in [-0.4, -0.2) is 13.1 Å². The minimum atomic E-state index is -0.718. The van der Waals surface area contributed by atoms with E-state index in [-0.39, 0.29) is 11.4 Å². The largest absolute Gasteiger partial charge is 0.495 e. The van der Waals surface area contributed by atoms with Crippen LogP contribution in [-0.2, 0) is 0 Å². The highest BCUT2D eigenvalue weighted by Gasteiger charge is 2.12. The van der Waals surface area contributed by atoms with Crippen LogP contribution in [0.3, 0.4) is 0 Å². The molecule has 0 aliphatic rings. The normalized spacial score (nSPS) is 9.48. The Hall–Kier alpha value is -2.15. The second kappa shape index (κ2) is 9.09. The second-order valence-electron chi connectivity index (χ2n) is 4.02. The molecule has 0 saturated heterocycles. The van der Waals surface area contributed by atoms with E-state index in [0.29, 0.717) is 10.2 Å². The first kappa shape index (κ1) is 18.9. The smallest absolute Gasteiger partial charge is 0.323 e. The number of rotatable bonds is 3. The molecule has 4 nitrogen and oxygen atoms in total. The van der Waals surface area contributed by atoms with E-state index in [1.54, 1.807) is 6.07 Å². The maximum atomic E-state index is 13.6. The Morgan fingerprint density at radius 3 is 2.43 bits per heavy atom. The number of para-hydroxylation sites is 1. The molecule has 0 radical (unpaired) electrons. The number of carbonyl (C=O) groups is 1. The van der Waals surface area contributed by atoms with E-state index in [4.69, 9.17) is 4.74 Å². The number of amides is 2. The summed E-state index contributed by atoms with van der Waals surface area (Å²) in [5.41, 5.74) is 0.132. The van der Waals surface area contributed by atoms with Crippen molar-refractivity contribution in [2.45, 2.75) is 13.8 Å². The van der Waals surface area contributed by atoms with Crippen molar-refractivity contribution in [2.75, 3.05) is 17.7 Å². The van der Waals surface area contributed by atoms with Crippen LogP contribution in [0.2, 0.25) is 0 Å². The number of ether oxygens (including phenoxy) is 1. The molecule has 0 spiro atoms. The molecule has 2 amide bonds. The molecule has 0 aliphatic carbocycles. The number of nitrogens with one attached hydrogen (secondary N) is 2. The zero-order valence-corrected chi connectivity index (χ0v) is 14.5. The summed E-state index contributed by atoms with van der Waals surface area (Å²) in [5, 5.41) is 4.75. The molecule has 0 aliphatic heterocycles. The van der Waals surface area contributed by atoms with Crippen LogP contribution in [0.25, 0.3) is 0 Å². The fraction of sp³-hybridized carbons (Fsp3) is 0.188. The van der Waals surface area contributed by atoms with Gasteiger partial charge in [-0.05, 0) is 40.2 Å². The lowest BCUT2D eigenvalue weighted by Crippen LogP contribution is -2.21. The Morgan fingerprint density at radius 2 is 1.83 bits per heavy atom. The van der Waals surface area contributed by atoms with Gasteiger partial charge in [0.1, 0.15) is 17.4 Å². The van der Waals surface area contributed by atoms with Crippen molar-refractivity contribution in [1.82, 2.24) is 0 Å². The maximum Gasteiger partial charge on any atom is 0.323 e. The van der Waals surface area contributed by atoms with Crippen molar-refractivity contribution < 1.29 is 18.3 Å². The maximum absolute atomic E-state index is 13.6. The summed E-state index contributed by atoms with van der Waals surface area (Å²) in [6.45, 7) is 4.00. The van der Waals surface area contributed by atoms with Crippen LogP contribution in [0.5, 0.6) is 5.75 Å². The average Bonchev–Trinajstić information content (AvgIpc) is 2.53. The summed E-state index contributed by atoms with van der Waals surface area (Å²) in [7, 11) is 1.39. The van der Waals surface area contributed by atoms with E-state index < -0.39 is 17.7 Å². The molecule has 124 valence electrons. The zero-order chi connectivity index (χ0) is 17.4. The van der Waals surface area contributed by atoms with Crippen molar-refractivity contribution >= 4 is 33.3 Å². The summed E-state index contributed by atoms with van der Waals surface area (Å²) in [5.74, 6) is -0.831. The first-order valence-electron chi connectivity index (χ1n) is 6.87. The van der Waals surface area contributed by atoms with Gasteiger partial charge in [-0.2, -0.15) is 0 Å². The van der Waals surface area contributed by atoms with Crippen LogP contribution in [0, 0.1) is 11.6 Å². The molecule has 2 N–H and O–H groups in total. The predicted octanol–water partition coefficient (Wildman–Crippen LogP) is 5.41. The van der Waals surface area contributed by atoms with E-state index in [2.05, 4.69) is 26.6 Å². The minimum absolute atomic E-state index is 0.00892. The molecule has 0 aromatic heterocycles. The van der Waals surface area contributed by atoms with E-state index in [9.17, 15) is 13.6 Å². The van der Waals surface area contributed by atoms with Gasteiger partial charge in [0.15, 0.2) is 0 Å². The zero-order valence-electron chi connectivity index (χ0n) is 12.9. The molecule has 0 saturated carbocycles. The first-order chi connectivity index (χ1) is 11.0. The van der Waals surface area contributed by atoms with Crippen molar-refractivity contribution in [3.05, 3.63) is 52.5 Å². The molecule has 0 bridgehead atoms. The number of benzene rings is 2. The highest BCUT2D eigenvalue weighted by molar-refractivity contribution is 9.10. The number of urea groups is 1. The van der Waals surface area contributed by atoms with Gasteiger partial charge < -0.3 is 15.4 Å². The van der Waals surface area contributed by atoms with Gasteiger partial charge in [-0.1, -0.05) is 19.9 Å². The molecule has 7 heteroatoms. The summed E-state index contributed by atoms with van der Waals surface area (Å²) >= 11 is 3.13. The molecule has 2 rings (SSSR count). The SMILES string of the molecule is CC.COc1ccc(F)cc1NC(=O)Nc1c(F)cccc1Br. The van der Waals surface area contributed by atoms with E-state index in [1.165, 1.54) is 31.4 Å². The van der Waals surface area contributed by atoms with Gasteiger partial charge in [-0.25, -0.2) is 13.6 Å². The molecule has 23 heavy (non-hydrogen) atoms. The lowest BCUT2D eigenvalue weighted by Gasteiger charge is -2.12. The highest BCUT2D eigenvalue weighted by atomic mass is 79.9. The fourth-order valence-electron chi connectivity index (χ4n) is 1.66. The van der Waals surface area contributed by atoms with Gasteiger partial charge in [0, 0.05) is 10.5 Å². The Kier molecular flexibility index (Phi) is 7.47. The standard InChI is InChI=1S/C14H11BrF2N2O2.C2H6/c1-21-12-6-5-8(16)7-11(12)18-14(20)19-13-9(15)3-2-4-10(13)17;1-2/h2-7H,1H3,(H2,18,19,20);1-2H3. The number of hydrogen-bond acceptors (Lipinski definition) is 2. The molecule has 2 aromatic carbocycles. The monoisotopic (exact) mass is 386 g/mol. The Balaban J connectivity index is 0.00000127. The Labute approximate surface area is 142 Å². The van der Waals surface area contributed by atoms with Crippen LogP contribution in [0.4, 0.5) is 25.0 Å². The number of hydrogen-bond donors (Lipinski definition) is 2. The van der Waals surface area contributed by atoms with Gasteiger partial charge in [0.2, 0.25) is 0 Å². The molecule has 2 aromatic rings. The van der Waals surface area contributed by atoms with Crippen LogP contribution in [0.1, 0.15) is 13.8 Å². The summed E-state index contributed by atoms with van der Waals surface area (Å²) in [6.07, 6.45) is 0. The minimum Gasteiger partial charge on any atom is -0.495 e. The van der Waals surface area contributed by atoms with Gasteiger partial charge in [0.05, 0.1) is 18.5 Å². The molecule has 0 heterocycles. The van der Waals surface area contributed by atoms with Crippen molar-refractivity contribution in [3.63, 3.8) is 0 Å². The van der Waals surface area contributed by atoms with Crippen LogP contribution < -0.4 is 15.4 Å². The van der Waals surface area contributed by atoms with Crippen molar-refractivity contribution in [3.8, 4) is 5.75 Å². The third kappa shape index (κ3) is 5.21. The third-order valence-electron chi connectivity index (χ3n) is 2.61. The topological polar surface area (TPSA) is 50.4 Å². The fourth-order valence-corrected chi connectivity index (χ4v) is 2.10. The van der Waals surface area contributed by atoms with E-state index in [0.717, 1.165) is 6.07 Å². The second-order valence-corrected chi connectivity index (χ2v) is 4.87. The lowest BCUT2D eigenvalue weighted by atomic mass is 10.3. The van der Waals surface area contributed by atoms with Crippen LogP contribution >= 0.6 is 15.9 Å². The Bertz CT molecular complexity index is 661. The third-order valence-corrected chi connectivity index (χ3v) is 3.27. The molecule has 0 atom stereocenters. The first-order valence-corrected chi connectivity index (χ1v) is 7.66. The molecular formula is C16H17BrF2N2O2. The molecule has 0 fully saturated rings. The average molecular weight is 387 g/mol. The Morgan fingerprint density at radius 1 is 1.13 bits per heavy atom. The number of halogens is 3. The van der Waals surface area contributed by atoms with Gasteiger partial charge in [-0.15, -0.1) is 0 Å². The summed E-state index contributed by atoms with van der Waals surface area (Å²) < 4.78 is 32.2. The summed E-state index contributed by atoms with van der Waals surface area (Å²) in [4.78, 5) is 11.9. The predicted molar refractivity (Wildman–Crippen MR) is 91.0 cm³/mol. The lowest BCUT2D eigenvalue weighted by molar-refractivity contribution is 0.262. The van der Waals surface area contributed by atoms with Crippen LogP contribution in [0.15, 0.2) is 40.9 Å². The van der Waals surface area contributed by atoms with E-state index >= 15 is 0 Å². The number of anilines is 2. The van der Waals surface area contributed by atoms with Gasteiger partial charge in [0.25, 0.3) is 0 Å². The van der Waals surface area contributed by atoms with E-state index in [1.807, 2.05) is 13.8 Å². The number of carbonyl (C=O) groups excluding carboxylic acids is 1. The number of methoxy groups -OCH3 is 1. The van der Waals surface area contributed by atoms with Crippen molar-refractivity contribution in [1.29, 1.82) is 0 Å².